The monoisotopic (exact) mass is 384 g/mol. The zero-order chi connectivity index (χ0) is 19.2. The summed E-state index contributed by atoms with van der Waals surface area (Å²) in [5, 5.41) is 7.42. The highest BCUT2D eigenvalue weighted by atomic mass is 35.5. The number of halogens is 1. The molecule has 0 radical (unpaired) electrons. The molecule has 0 saturated carbocycles. The van der Waals surface area contributed by atoms with Gasteiger partial charge in [-0.15, -0.1) is 12.4 Å². The molecule has 0 atom stereocenters. The molecule has 1 amide bonds. The number of nitrogen functional groups attached to an aromatic ring is 1. The number of aliphatic carboxylic acids is 1. The number of aryl methyl sites for hydroxylation is 2. The summed E-state index contributed by atoms with van der Waals surface area (Å²) < 4.78 is 0. The van der Waals surface area contributed by atoms with Crippen LogP contribution >= 0.6 is 12.4 Å². The van der Waals surface area contributed by atoms with Gasteiger partial charge < -0.3 is 10.5 Å². The number of carboxylic acid groups (broad SMARTS) is 1. The number of pyridine rings is 2. The lowest BCUT2D eigenvalue weighted by Gasteiger charge is -2.06. The number of nitrogens with one attached hydrogen (secondary N) is 3. The second-order valence-corrected chi connectivity index (χ2v) is 4.81. The molecule has 0 aliphatic rings. The average molecular weight is 385 g/mol. The van der Waals surface area contributed by atoms with Crippen LogP contribution in [0.2, 0.25) is 0 Å². The van der Waals surface area contributed by atoms with E-state index >= 15 is 0 Å². The molecule has 2 aromatic rings. The molecule has 144 valence electrons. The van der Waals surface area contributed by atoms with Crippen molar-refractivity contribution in [1.82, 2.24) is 15.4 Å². The van der Waals surface area contributed by atoms with Crippen molar-refractivity contribution in [2.45, 2.75) is 27.7 Å². The molecule has 0 bridgehead atoms. The fourth-order valence-electron chi connectivity index (χ4n) is 1.40. The van der Waals surface area contributed by atoms with Gasteiger partial charge in [-0.25, -0.2) is 15.8 Å². The van der Waals surface area contributed by atoms with Gasteiger partial charge >= 0.3 is 0 Å². The summed E-state index contributed by atoms with van der Waals surface area (Å²) in [5.41, 5.74) is 9.68. The molecule has 10 heteroatoms. The molecule has 0 spiro atoms. The Morgan fingerprint density at radius 1 is 1.00 bits per heavy atom. The number of hydrogen-bond donors (Lipinski definition) is 5. The van der Waals surface area contributed by atoms with Gasteiger partial charge in [0.25, 0.3) is 5.97 Å². The Balaban J connectivity index is 0. The van der Waals surface area contributed by atoms with E-state index in [-0.39, 0.29) is 18.3 Å². The quantitative estimate of drug-likeness (QED) is 0.399. The lowest BCUT2D eigenvalue weighted by atomic mass is 10.3. The Morgan fingerprint density at radius 2 is 1.42 bits per heavy atom. The first-order chi connectivity index (χ1) is 11.8. The van der Waals surface area contributed by atoms with E-state index < -0.39 is 5.97 Å². The molecule has 0 aliphatic heterocycles. The minimum atomic E-state index is -0.833. The van der Waals surface area contributed by atoms with Crippen molar-refractivity contribution in [2.24, 2.45) is 5.84 Å². The fourth-order valence-corrected chi connectivity index (χ4v) is 1.40. The smallest absolute Gasteiger partial charge is 0.300 e. The molecule has 0 unspecified atom stereocenters. The van der Waals surface area contributed by atoms with Crippen molar-refractivity contribution < 1.29 is 14.7 Å². The Kier molecular flexibility index (Phi) is 14.1. The molecule has 0 fully saturated rings. The maximum atomic E-state index is 10.5. The molecule has 2 rings (SSSR count). The van der Waals surface area contributed by atoms with E-state index in [2.05, 4.69) is 26.2 Å². The Hall–Kier alpha value is -2.91. The third kappa shape index (κ3) is 12.5. The van der Waals surface area contributed by atoms with E-state index in [1.165, 1.54) is 6.92 Å². The van der Waals surface area contributed by atoms with Crippen LogP contribution in [0.25, 0.3) is 0 Å². The number of rotatable bonds is 3. The first kappa shape index (κ1) is 25.3. The highest BCUT2D eigenvalue weighted by Gasteiger charge is 1.96. The van der Waals surface area contributed by atoms with Gasteiger partial charge in [0.05, 0.1) is 0 Å². The summed E-state index contributed by atoms with van der Waals surface area (Å²) in [6.07, 6.45) is 3.36. The molecular weight excluding hydrogens is 360 g/mol. The van der Waals surface area contributed by atoms with E-state index in [0.717, 1.165) is 23.9 Å². The van der Waals surface area contributed by atoms with Crippen LogP contribution in [0.3, 0.4) is 0 Å². The van der Waals surface area contributed by atoms with Gasteiger partial charge in [0, 0.05) is 26.2 Å². The van der Waals surface area contributed by atoms with E-state index in [0.29, 0.717) is 5.82 Å². The van der Waals surface area contributed by atoms with Crippen molar-refractivity contribution in [3.05, 3.63) is 47.8 Å². The van der Waals surface area contributed by atoms with Gasteiger partial charge in [-0.2, -0.15) is 0 Å². The molecule has 9 nitrogen and oxygen atoms in total. The van der Waals surface area contributed by atoms with Crippen LogP contribution in [0.5, 0.6) is 0 Å². The van der Waals surface area contributed by atoms with Crippen molar-refractivity contribution in [3.63, 3.8) is 0 Å². The van der Waals surface area contributed by atoms with Crippen LogP contribution in [-0.4, -0.2) is 27.0 Å². The Labute approximate surface area is 158 Å². The Bertz CT molecular complexity index is 681. The second-order valence-electron chi connectivity index (χ2n) is 4.81. The number of carbonyl (C=O) groups excluding carboxylic acids is 1. The van der Waals surface area contributed by atoms with Gasteiger partial charge in [0.1, 0.15) is 11.6 Å². The number of amides is 1. The van der Waals surface area contributed by atoms with Crippen molar-refractivity contribution in [1.29, 1.82) is 0 Å². The summed E-state index contributed by atoms with van der Waals surface area (Å²) >= 11 is 0. The van der Waals surface area contributed by atoms with Gasteiger partial charge in [0.15, 0.2) is 0 Å². The normalized spacial score (nSPS) is 8.35. The van der Waals surface area contributed by atoms with E-state index in [4.69, 9.17) is 15.7 Å². The summed E-state index contributed by atoms with van der Waals surface area (Å²) in [7, 11) is 0. The van der Waals surface area contributed by atoms with Crippen LogP contribution in [0.15, 0.2) is 36.7 Å². The summed E-state index contributed by atoms with van der Waals surface area (Å²) in [6.45, 7) is 6.38. The predicted octanol–water partition coefficient (Wildman–Crippen LogP) is 2.04. The van der Waals surface area contributed by atoms with Crippen LogP contribution < -0.4 is 22.1 Å². The van der Waals surface area contributed by atoms with Gasteiger partial charge in [-0.3, -0.25) is 20.4 Å². The minimum Gasteiger partial charge on any atom is -0.481 e. The van der Waals surface area contributed by atoms with Crippen LogP contribution in [0.1, 0.15) is 25.0 Å². The maximum Gasteiger partial charge on any atom is 0.300 e. The van der Waals surface area contributed by atoms with E-state index in [9.17, 15) is 4.79 Å². The topological polar surface area (TPSA) is 142 Å². The van der Waals surface area contributed by atoms with Gasteiger partial charge in [0.2, 0.25) is 5.91 Å². The SMILES string of the molecule is CC(=O)NNc1ncccc1C.CC(=O)O.Cc1cccnc1NN.Cl. The fraction of sp³-hybridized carbons (Fsp3) is 0.250. The lowest BCUT2D eigenvalue weighted by Crippen LogP contribution is -2.27. The number of aromatic nitrogens is 2. The standard InChI is InChI=1S/C8H11N3O.C6H9N3.C2H4O2.ClH/c1-6-4-3-5-9-8(6)11-10-7(2)12;1-5-3-2-4-8-6(5)9-7;1-2(3)4;/h3-5H,1-2H3,(H,9,11)(H,10,12);2-4H,7H2,1H3,(H,8,9);1H3,(H,3,4);1H. The van der Waals surface area contributed by atoms with Crippen molar-refractivity contribution in [2.75, 3.05) is 10.9 Å². The number of hydrazine groups is 2. The highest BCUT2D eigenvalue weighted by molar-refractivity contribution is 5.85. The van der Waals surface area contributed by atoms with E-state index in [1.807, 2.05) is 38.1 Å². The summed E-state index contributed by atoms with van der Waals surface area (Å²) in [6, 6.07) is 7.57. The first-order valence-corrected chi connectivity index (χ1v) is 7.29. The maximum absolute atomic E-state index is 10.5. The third-order valence-electron chi connectivity index (χ3n) is 2.51. The summed E-state index contributed by atoms with van der Waals surface area (Å²) in [5.74, 6) is 5.57. The van der Waals surface area contributed by atoms with E-state index in [1.54, 1.807) is 12.4 Å². The summed E-state index contributed by atoms with van der Waals surface area (Å²) in [4.78, 5) is 27.5. The predicted molar refractivity (Wildman–Crippen MR) is 104 cm³/mol. The molecule has 0 aliphatic carbocycles. The lowest BCUT2D eigenvalue weighted by molar-refractivity contribution is -0.134. The van der Waals surface area contributed by atoms with Gasteiger partial charge in [-0.05, 0) is 37.1 Å². The number of nitrogens with two attached hydrogens (primary N) is 1. The largest absolute Gasteiger partial charge is 0.481 e. The van der Waals surface area contributed by atoms with Crippen molar-refractivity contribution >= 4 is 35.9 Å². The molecule has 2 heterocycles. The van der Waals surface area contributed by atoms with Crippen LogP contribution in [-0.2, 0) is 9.59 Å². The molecule has 2 aromatic heterocycles. The number of carboxylic acids is 1. The molecule has 0 saturated heterocycles. The van der Waals surface area contributed by atoms with Gasteiger partial charge in [-0.1, -0.05) is 12.1 Å². The zero-order valence-electron chi connectivity index (χ0n) is 15.1. The number of hydrogen-bond acceptors (Lipinski definition) is 7. The number of anilines is 2. The number of nitrogens with zero attached hydrogens (tertiary/aromatic N) is 2. The van der Waals surface area contributed by atoms with Crippen LogP contribution in [0, 0.1) is 13.8 Å². The zero-order valence-corrected chi connectivity index (χ0v) is 15.9. The van der Waals surface area contributed by atoms with Crippen molar-refractivity contribution in [3.8, 4) is 0 Å². The molecule has 6 N–H and O–H groups in total. The third-order valence-corrected chi connectivity index (χ3v) is 2.51. The number of carbonyl (C=O) groups is 2. The first-order valence-electron chi connectivity index (χ1n) is 7.29. The molecule has 0 aromatic carbocycles. The molecule has 26 heavy (non-hydrogen) atoms. The second kappa shape index (κ2) is 14.4. The highest BCUT2D eigenvalue weighted by Crippen LogP contribution is 2.07. The average Bonchev–Trinajstić information content (AvgIpc) is 2.54. The Morgan fingerprint density at radius 3 is 1.73 bits per heavy atom. The molecular formula is C16H25ClN6O3. The van der Waals surface area contributed by atoms with Crippen LogP contribution in [0.4, 0.5) is 11.6 Å². The minimum absolute atomic E-state index is 0.